The zero-order valence-corrected chi connectivity index (χ0v) is 12.3. The second kappa shape index (κ2) is 4.16. The minimum Gasteiger partial charge on any atom is -0.504 e. The molecule has 1 aromatic carbocycles. The fourth-order valence-corrected chi connectivity index (χ4v) is 4.47. The van der Waals surface area contributed by atoms with Gasteiger partial charge < -0.3 is 9.84 Å². The predicted molar refractivity (Wildman–Crippen MR) is 76.6 cm³/mol. The van der Waals surface area contributed by atoms with E-state index in [1.165, 1.54) is 18.4 Å². The van der Waals surface area contributed by atoms with E-state index in [4.69, 9.17) is 4.74 Å². The Kier molecular flexibility index (Phi) is 2.81. The van der Waals surface area contributed by atoms with Crippen molar-refractivity contribution in [2.24, 2.45) is 23.2 Å². The fraction of sp³-hybridized carbons (Fsp3) is 0.647. The quantitative estimate of drug-likeness (QED) is 0.864. The summed E-state index contributed by atoms with van der Waals surface area (Å²) in [6.07, 6.45) is 2.62. The number of rotatable bonds is 2. The lowest BCUT2D eigenvalue weighted by Crippen LogP contribution is -2.32. The van der Waals surface area contributed by atoms with Crippen LogP contribution in [0.3, 0.4) is 0 Å². The van der Waals surface area contributed by atoms with Crippen LogP contribution >= 0.6 is 0 Å². The van der Waals surface area contributed by atoms with Crippen LogP contribution in [0.15, 0.2) is 18.2 Å². The lowest BCUT2D eigenvalue weighted by Gasteiger charge is -2.40. The van der Waals surface area contributed by atoms with Gasteiger partial charge in [0.05, 0.1) is 7.11 Å². The second-order valence-corrected chi connectivity index (χ2v) is 6.98. The molecule has 0 saturated heterocycles. The summed E-state index contributed by atoms with van der Waals surface area (Å²) in [7, 11) is 1.59. The van der Waals surface area contributed by atoms with Gasteiger partial charge in [-0.25, -0.2) is 0 Å². The van der Waals surface area contributed by atoms with Gasteiger partial charge in [0, 0.05) is 0 Å². The van der Waals surface area contributed by atoms with E-state index in [1.54, 1.807) is 7.11 Å². The zero-order valence-electron chi connectivity index (χ0n) is 12.3. The first kappa shape index (κ1) is 12.8. The zero-order chi connectivity index (χ0) is 13.8. The van der Waals surface area contributed by atoms with E-state index >= 15 is 0 Å². The number of phenolic OH excluding ortho intramolecular Hbond substituents is 1. The normalized spacial score (nSPS) is 35.6. The predicted octanol–water partition coefficient (Wildman–Crippen LogP) is 4.19. The van der Waals surface area contributed by atoms with Gasteiger partial charge in [-0.3, -0.25) is 0 Å². The molecule has 1 N–H and O–H groups in total. The standard InChI is InChI=1S/C17H24O2/c1-10-13-8-12(17(10,2)3)9-14(13)11-5-6-16(19-4)15(18)7-11/h5-7,10,12-14,18H,8-9H2,1-4H3/t10-,12-,13-,14+/m1/s1. The molecular formula is C17H24O2. The largest absolute Gasteiger partial charge is 0.504 e. The lowest BCUT2D eigenvalue weighted by atomic mass is 9.65. The highest BCUT2D eigenvalue weighted by Crippen LogP contribution is 2.64. The Bertz CT molecular complexity index is 488. The molecule has 0 radical (unpaired) electrons. The summed E-state index contributed by atoms with van der Waals surface area (Å²) in [5.74, 6) is 3.83. The van der Waals surface area contributed by atoms with Crippen molar-refractivity contribution in [2.75, 3.05) is 7.11 Å². The molecule has 19 heavy (non-hydrogen) atoms. The van der Waals surface area contributed by atoms with E-state index < -0.39 is 0 Å². The van der Waals surface area contributed by atoms with Gasteiger partial charge in [0.25, 0.3) is 0 Å². The molecule has 2 nitrogen and oxygen atoms in total. The molecule has 0 amide bonds. The third kappa shape index (κ3) is 1.76. The van der Waals surface area contributed by atoms with Crippen LogP contribution in [0.5, 0.6) is 11.5 Å². The molecule has 2 aliphatic carbocycles. The van der Waals surface area contributed by atoms with Crippen LogP contribution < -0.4 is 4.74 Å². The van der Waals surface area contributed by atoms with Crippen LogP contribution in [0, 0.1) is 23.2 Å². The monoisotopic (exact) mass is 260 g/mol. The van der Waals surface area contributed by atoms with Gasteiger partial charge in [0.15, 0.2) is 11.5 Å². The summed E-state index contributed by atoms with van der Waals surface area (Å²) < 4.78 is 5.13. The van der Waals surface area contributed by atoms with Crippen LogP contribution in [0.1, 0.15) is 45.1 Å². The Labute approximate surface area is 115 Å². The number of phenols is 1. The summed E-state index contributed by atoms with van der Waals surface area (Å²) >= 11 is 0. The van der Waals surface area contributed by atoms with Gasteiger partial charge in [-0.05, 0) is 59.6 Å². The van der Waals surface area contributed by atoms with Gasteiger partial charge in [-0.2, -0.15) is 0 Å². The van der Waals surface area contributed by atoms with Crippen LogP contribution in [0.2, 0.25) is 0 Å². The molecular weight excluding hydrogens is 236 g/mol. The number of hydrogen-bond donors (Lipinski definition) is 1. The first-order chi connectivity index (χ1) is 8.95. The minimum absolute atomic E-state index is 0.273. The van der Waals surface area contributed by atoms with Crippen LogP contribution in [-0.4, -0.2) is 12.2 Å². The van der Waals surface area contributed by atoms with Crippen LogP contribution in [0.25, 0.3) is 0 Å². The highest BCUT2D eigenvalue weighted by molar-refractivity contribution is 5.43. The van der Waals surface area contributed by atoms with E-state index in [2.05, 4.69) is 26.8 Å². The number of aromatic hydroxyl groups is 1. The molecule has 4 atom stereocenters. The number of hydrogen-bond acceptors (Lipinski definition) is 2. The van der Waals surface area contributed by atoms with Crippen molar-refractivity contribution < 1.29 is 9.84 Å². The summed E-state index contributed by atoms with van der Waals surface area (Å²) in [5, 5.41) is 9.97. The minimum atomic E-state index is 0.273. The summed E-state index contributed by atoms with van der Waals surface area (Å²) in [4.78, 5) is 0. The molecule has 0 aliphatic heterocycles. The van der Waals surface area contributed by atoms with E-state index in [0.29, 0.717) is 17.1 Å². The van der Waals surface area contributed by atoms with Crippen molar-refractivity contribution in [3.8, 4) is 11.5 Å². The molecule has 2 saturated carbocycles. The smallest absolute Gasteiger partial charge is 0.160 e. The maximum Gasteiger partial charge on any atom is 0.160 e. The molecule has 2 aliphatic rings. The summed E-state index contributed by atoms with van der Waals surface area (Å²) in [6, 6.07) is 5.93. The third-order valence-electron chi connectivity index (χ3n) is 6.11. The first-order valence-corrected chi connectivity index (χ1v) is 7.32. The number of fused-ring (bicyclic) bond motifs is 2. The summed E-state index contributed by atoms with van der Waals surface area (Å²) in [5.41, 5.74) is 1.77. The van der Waals surface area contributed by atoms with Gasteiger partial charge in [0.1, 0.15) is 0 Å². The van der Waals surface area contributed by atoms with Gasteiger partial charge >= 0.3 is 0 Å². The highest BCUT2D eigenvalue weighted by Gasteiger charge is 2.55. The van der Waals surface area contributed by atoms with Gasteiger partial charge in [-0.1, -0.05) is 26.8 Å². The van der Waals surface area contributed by atoms with Crippen molar-refractivity contribution in [2.45, 2.75) is 39.5 Å². The average molecular weight is 260 g/mol. The lowest BCUT2D eigenvalue weighted by molar-refractivity contribution is 0.122. The Morgan fingerprint density at radius 2 is 2.00 bits per heavy atom. The Hall–Kier alpha value is -1.18. The van der Waals surface area contributed by atoms with Crippen LogP contribution in [0.4, 0.5) is 0 Å². The van der Waals surface area contributed by atoms with Crippen molar-refractivity contribution in [1.29, 1.82) is 0 Å². The van der Waals surface area contributed by atoms with Gasteiger partial charge in [-0.15, -0.1) is 0 Å². The maximum atomic E-state index is 9.97. The molecule has 1 aromatic rings. The van der Waals surface area contributed by atoms with Crippen molar-refractivity contribution in [3.05, 3.63) is 23.8 Å². The third-order valence-corrected chi connectivity index (χ3v) is 6.11. The molecule has 104 valence electrons. The van der Waals surface area contributed by atoms with E-state index in [9.17, 15) is 5.11 Å². The van der Waals surface area contributed by atoms with Crippen molar-refractivity contribution in [1.82, 2.24) is 0 Å². The number of methoxy groups -OCH3 is 1. The fourth-order valence-electron chi connectivity index (χ4n) is 4.47. The van der Waals surface area contributed by atoms with Crippen molar-refractivity contribution >= 4 is 0 Å². The van der Waals surface area contributed by atoms with E-state index in [0.717, 1.165) is 17.8 Å². The second-order valence-electron chi connectivity index (χ2n) is 6.98. The molecule has 2 fully saturated rings. The first-order valence-electron chi connectivity index (χ1n) is 7.32. The highest BCUT2D eigenvalue weighted by atomic mass is 16.5. The van der Waals surface area contributed by atoms with Gasteiger partial charge in [0.2, 0.25) is 0 Å². The molecule has 2 bridgehead atoms. The summed E-state index contributed by atoms with van der Waals surface area (Å²) in [6.45, 7) is 7.24. The molecule has 0 aromatic heterocycles. The number of benzene rings is 1. The Morgan fingerprint density at radius 1 is 1.26 bits per heavy atom. The van der Waals surface area contributed by atoms with Crippen LogP contribution in [-0.2, 0) is 0 Å². The molecule has 0 heterocycles. The number of ether oxygens (including phenoxy) is 1. The molecule has 3 rings (SSSR count). The Morgan fingerprint density at radius 3 is 2.53 bits per heavy atom. The SMILES string of the molecule is COc1ccc([C@@H]2C[C@H]3C[C@@H]2[C@@H](C)C3(C)C)cc1O. The average Bonchev–Trinajstić information content (AvgIpc) is 2.90. The molecule has 0 spiro atoms. The topological polar surface area (TPSA) is 29.5 Å². The Balaban J connectivity index is 1.88. The maximum absolute atomic E-state index is 9.97. The van der Waals surface area contributed by atoms with E-state index in [1.807, 2.05) is 12.1 Å². The van der Waals surface area contributed by atoms with Crippen molar-refractivity contribution in [3.63, 3.8) is 0 Å². The molecule has 0 unspecified atom stereocenters. The van der Waals surface area contributed by atoms with E-state index in [-0.39, 0.29) is 5.75 Å². The molecule has 2 heteroatoms.